The standard InChI is InChI=1S/C20H12F4N2O2/c21-12-5-7-16(27)14(10-12)19-25-18(15-3-1-2-8-26(15)19)13-6-4-11(9-17(13)28)20(22,23)24/h1-10,27-28H. The lowest BCUT2D eigenvalue weighted by molar-refractivity contribution is -0.137. The molecule has 2 aromatic carbocycles. The first-order valence-corrected chi connectivity index (χ1v) is 8.12. The van der Waals surface area contributed by atoms with Crippen molar-refractivity contribution in [3.8, 4) is 34.1 Å². The summed E-state index contributed by atoms with van der Waals surface area (Å²) in [5.74, 6) is -1.20. The van der Waals surface area contributed by atoms with Crippen LogP contribution in [-0.4, -0.2) is 19.6 Å². The molecule has 4 aromatic rings. The molecule has 0 bridgehead atoms. The Morgan fingerprint density at radius 3 is 2.36 bits per heavy atom. The number of imidazole rings is 1. The number of hydrogen-bond acceptors (Lipinski definition) is 3. The SMILES string of the molecule is Oc1cc(C(F)(F)F)ccc1-c1nc(-c2cc(F)ccc2O)n2ccccc12. The Bertz CT molecular complexity index is 1200. The van der Waals surface area contributed by atoms with Crippen LogP contribution in [0.3, 0.4) is 0 Å². The van der Waals surface area contributed by atoms with Crippen molar-refractivity contribution in [3.05, 3.63) is 72.2 Å². The Hall–Kier alpha value is -3.55. The van der Waals surface area contributed by atoms with Crippen molar-refractivity contribution < 1.29 is 27.8 Å². The third kappa shape index (κ3) is 2.92. The summed E-state index contributed by atoms with van der Waals surface area (Å²) in [5.41, 5.74) is -0.125. The number of hydrogen-bond donors (Lipinski definition) is 2. The van der Waals surface area contributed by atoms with Crippen molar-refractivity contribution in [2.24, 2.45) is 0 Å². The van der Waals surface area contributed by atoms with Gasteiger partial charge in [-0.3, -0.25) is 4.40 Å². The van der Waals surface area contributed by atoms with E-state index >= 15 is 0 Å². The molecule has 0 saturated heterocycles. The number of fused-ring (bicyclic) bond motifs is 1. The maximum absolute atomic E-state index is 13.7. The molecule has 4 rings (SSSR count). The predicted molar refractivity (Wildman–Crippen MR) is 94.4 cm³/mol. The van der Waals surface area contributed by atoms with Crippen LogP contribution in [-0.2, 0) is 6.18 Å². The van der Waals surface area contributed by atoms with Crippen molar-refractivity contribution in [1.82, 2.24) is 9.38 Å². The Morgan fingerprint density at radius 1 is 0.857 bits per heavy atom. The fraction of sp³-hybridized carbons (Fsp3) is 0.0500. The first-order chi connectivity index (χ1) is 13.3. The normalized spacial score (nSPS) is 11.9. The van der Waals surface area contributed by atoms with E-state index in [1.807, 2.05) is 0 Å². The van der Waals surface area contributed by atoms with Crippen LogP contribution < -0.4 is 0 Å². The molecule has 0 saturated carbocycles. The van der Waals surface area contributed by atoms with Gasteiger partial charge in [-0.15, -0.1) is 0 Å². The van der Waals surface area contributed by atoms with Gasteiger partial charge in [-0.1, -0.05) is 6.07 Å². The van der Waals surface area contributed by atoms with Crippen molar-refractivity contribution in [3.63, 3.8) is 0 Å². The largest absolute Gasteiger partial charge is 0.507 e. The summed E-state index contributed by atoms with van der Waals surface area (Å²) < 4.78 is 53.9. The van der Waals surface area contributed by atoms with Crippen LogP contribution in [0.15, 0.2) is 60.8 Å². The van der Waals surface area contributed by atoms with Crippen LogP contribution in [0.1, 0.15) is 5.56 Å². The van der Waals surface area contributed by atoms with Crippen molar-refractivity contribution in [2.45, 2.75) is 6.18 Å². The van der Waals surface area contributed by atoms with Crippen LogP contribution >= 0.6 is 0 Å². The molecule has 0 unspecified atom stereocenters. The average Bonchev–Trinajstić information content (AvgIpc) is 3.02. The number of rotatable bonds is 2. The molecule has 8 heteroatoms. The second kappa shape index (κ2) is 6.26. The molecule has 0 spiro atoms. The van der Waals surface area contributed by atoms with Crippen LogP contribution in [0.4, 0.5) is 17.6 Å². The van der Waals surface area contributed by atoms with Crippen LogP contribution in [0.5, 0.6) is 11.5 Å². The highest BCUT2D eigenvalue weighted by molar-refractivity contribution is 5.85. The minimum atomic E-state index is -4.59. The van der Waals surface area contributed by atoms with Gasteiger partial charge in [0, 0.05) is 11.8 Å². The fourth-order valence-electron chi connectivity index (χ4n) is 3.02. The Balaban J connectivity index is 1.96. The fourth-order valence-corrected chi connectivity index (χ4v) is 3.02. The molecule has 0 aliphatic carbocycles. The van der Waals surface area contributed by atoms with Gasteiger partial charge in [0.25, 0.3) is 0 Å². The predicted octanol–water partition coefficient (Wildman–Crippen LogP) is 5.24. The van der Waals surface area contributed by atoms with Gasteiger partial charge < -0.3 is 10.2 Å². The Labute approximate surface area is 155 Å². The lowest BCUT2D eigenvalue weighted by Crippen LogP contribution is -2.04. The molecule has 0 fully saturated rings. The molecule has 0 aliphatic rings. The number of alkyl halides is 3. The smallest absolute Gasteiger partial charge is 0.416 e. The number of phenolic OH excluding ortho intramolecular Hbond substituents is 2. The van der Waals surface area contributed by atoms with Gasteiger partial charge in [0.15, 0.2) is 0 Å². The van der Waals surface area contributed by atoms with E-state index in [0.29, 0.717) is 11.6 Å². The average molecular weight is 388 g/mol. The molecule has 0 atom stereocenters. The second-order valence-electron chi connectivity index (χ2n) is 6.13. The number of aromatic nitrogens is 2. The summed E-state index contributed by atoms with van der Waals surface area (Å²) in [5, 5.41) is 20.3. The van der Waals surface area contributed by atoms with Crippen LogP contribution in [0, 0.1) is 5.82 Å². The number of nitrogens with zero attached hydrogens (tertiary/aromatic N) is 2. The zero-order valence-electron chi connectivity index (χ0n) is 14.1. The maximum atomic E-state index is 13.7. The molecular formula is C20H12F4N2O2. The molecule has 2 aromatic heterocycles. The lowest BCUT2D eigenvalue weighted by Gasteiger charge is -2.09. The number of aromatic hydroxyl groups is 2. The summed E-state index contributed by atoms with van der Waals surface area (Å²) in [4.78, 5) is 4.38. The summed E-state index contributed by atoms with van der Waals surface area (Å²) in [6, 6.07) is 11.0. The highest BCUT2D eigenvalue weighted by Crippen LogP contribution is 2.39. The van der Waals surface area contributed by atoms with Crippen molar-refractivity contribution >= 4 is 5.52 Å². The van der Waals surface area contributed by atoms with Crippen molar-refractivity contribution in [1.29, 1.82) is 0 Å². The maximum Gasteiger partial charge on any atom is 0.416 e. The van der Waals surface area contributed by atoms with E-state index in [0.717, 1.165) is 24.3 Å². The van der Waals surface area contributed by atoms with Gasteiger partial charge in [0.1, 0.15) is 28.8 Å². The number of halogens is 4. The minimum Gasteiger partial charge on any atom is -0.507 e. The first kappa shape index (κ1) is 17.8. The van der Waals surface area contributed by atoms with E-state index in [4.69, 9.17) is 0 Å². The number of benzene rings is 2. The molecule has 4 nitrogen and oxygen atoms in total. The highest BCUT2D eigenvalue weighted by Gasteiger charge is 2.31. The van der Waals surface area contributed by atoms with Gasteiger partial charge in [0.2, 0.25) is 0 Å². The van der Waals surface area contributed by atoms with E-state index in [9.17, 15) is 27.8 Å². The molecule has 0 amide bonds. The zero-order chi connectivity index (χ0) is 20.1. The van der Waals surface area contributed by atoms with Gasteiger partial charge in [-0.05, 0) is 48.5 Å². The Kier molecular flexibility index (Phi) is 3.99. The summed E-state index contributed by atoms with van der Waals surface area (Å²) in [7, 11) is 0. The monoisotopic (exact) mass is 388 g/mol. The summed E-state index contributed by atoms with van der Waals surface area (Å²) in [6.45, 7) is 0. The van der Waals surface area contributed by atoms with E-state index < -0.39 is 23.3 Å². The first-order valence-electron chi connectivity index (χ1n) is 8.12. The van der Waals surface area contributed by atoms with E-state index in [1.54, 1.807) is 28.8 Å². The molecule has 142 valence electrons. The lowest BCUT2D eigenvalue weighted by atomic mass is 10.1. The third-order valence-corrected chi connectivity index (χ3v) is 4.33. The zero-order valence-corrected chi connectivity index (χ0v) is 14.1. The Morgan fingerprint density at radius 2 is 1.64 bits per heavy atom. The molecule has 28 heavy (non-hydrogen) atoms. The third-order valence-electron chi connectivity index (χ3n) is 4.33. The molecule has 2 N–H and O–H groups in total. The molecular weight excluding hydrogens is 376 g/mol. The summed E-state index contributed by atoms with van der Waals surface area (Å²) >= 11 is 0. The number of phenols is 2. The van der Waals surface area contributed by atoms with Gasteiger partial charge >= 0.3 is 6.18 Å². The molecule has 0 aliphatic heterocycles. The number of pyridine rings is 1. The van der Waals surface area contributed by atoms with E-state index in [1.165, 1.54) is 6.07 Å². The van der Waals surface area contributed by atoms with Crippen LogP contribution in [0.25, 0.3) is 28.2 Å². The van der Waals surface area contributed by atoms with Gasteiger partial charge in [0.05, 0.1) is 16.6 Å². The summed E-state index contributed by atoms with van der Waals surface area (Å²) in [6.07, 6.45) is -2.97. The van der Waals surface area contributed by atoms with E-state index in [-0.39, 0.29) is 28.4 Å². The second-order valence-corrected chi connectivity index (χ2v) is 6.13. The highest BCUT2D eigenvalue weighted by atomic mass is 19.4. The molecule has 2 heterocycles. The molecule has 0 radical (unpaired) electrons. The van der Waals surface area contributed by atoms with Crippen molar-refractivity contribution in [2.75, 3.05) is 0 Å². The van der Waals surface area contributed by atoms with E-state index in [2.05, 4.69) is 4.98 Å². The van der Waals surface area contributed by atoms with Crippen LogP contribution in [0.2, 0.25) is 0 Å². The topological polar surface area (TPSA) is 57.8 Å². The van der Waals surface area contributed by atoms with Gasteiger partial charge in [-0.25, -0.2) is 9.37 Å². The van der Waals surface area contributed by atoms with Gasteiger partial charge in [-0.2, -0.15) is 13.2 Å². The quantitative estimate of drug-likeness (QED) is 0.462. The minimum absolute atomic E-state index is 0.0823.